The summed E-state index contributed by atoms with van der Waals surface area (Å²) in [7, 11) is -9.24. The van der Waals surface area contributed by atoms with Crippen LogP contribution in [0.15, 0.2) is 204 Å². The first-order chi connectivity index (χ1) is 49.0. The summed E-state index contributed by atoms with van der Waals surface area (Å²) in [5, 5.41) is 24.4. The van der Waals surface area contributed by atoms with Gasteiger partial charge in [0, 0.05) is 89.7 Å². The van der Waals surface area contributed by atoms with Gasteiger partial charge in [0.25, 0.3) is 43.7 Å². The van der Waals surface area contributed by atoms with Crippen molar-refractivity contribution in [3.63, 3.8) is 0 Å². The van der Waals surface area contributed by atoms with E-state index in [1.807, 2.05) is 66.7 Å². The molecule has 0 aromatic heterocycles. The van der Waals surface area contributed by atoms with E-state index in [1.165, 1.54) is 35.2 Å². The Bertz CT molecular complexity index is 4030. The molecule has 9 rings (SSSR count). The second kappa shape index (κ2) is 38.3. The van der Waals surface area contributed by atoms with Gasteiger partial charge in [-0.1, -0.05) is 161 Å². The maximum Gasteiger partial charge on any atom is 0.407 e. The van der Waals surface area contributed by atoms with Gasteiger partial charge in [0.2, 0.25) is 0 Å². The molecule has 2 fully saturated rings. The van der Waals surface area contributed by atoms with Crippen LogP contribution in [0.2, 0.25) is 0 Å². The van der Waals surface area contributed by atoms with Crippen LogP contribution in [0.5, 0.6) is 0 Å². The van der Waals surface area contributed by atoms with Crippen LogP contribution in [-0.4, -0.2) is 222 Å². The molecule has 0 unspecified atom stereocenters. The Morgan fingerprint density at radius 2 is 0.802 bits per heavy atom. The summed E-state index contributed by atoms with van der Waals surface area (Å²) in [5.74, 6) is -2.77. The van der Waals surface area contributed by atoms with Crippen LogP contribution >= 0.6 is 0 Å². The number of sulfonamides is 2. The average Bonchev–Trinajstić information content (AvgIpc) is 0.794. The van der Waals surface area contributed by atoms with Gasteiger partial charge in [0.1, 0.15) is 25.3 Å². The Morgan fingerprint density at radius 3 is 1.22 bits per heavy atom. The van der Waals surface area contributed by atoms with Crippen molar-refractivity contribution < 1.29 is 84.6 Å². The summed E-state index contributed by atoms with van der Waals surface area (Å²) >= 11 is 0. The number of nitrogens with zero attached hydrogens (tertiary/aromatic N) is 6. The van der Waals surface area contributed by atoms with Crippen LogP contribution < -0.4 is 21.6 Å². The number of hydrogen-bond donors (Lipinski definition) is 6. The highest BCUT2D eigenvalue weighted by Crippen LogP contribution is 2.28. The van der Waals surface area contributed by atoms with Gasteiger partial charge in [-0.05, 0) is 82.3 Å². The van der Waals surface area contributed by atoms with E-state index >= 15 is 0 Å². The monoisotopic (exact) mass is 1430 g/mol. The number of rotatable bonds is 35. The molecule has 0 spiro atoms. The van der Waals surface area contributed by atoms with E-state index in [2.05, 4.69) is 20.4 Å². The minimum Gasteiger partial charge on any atom is -0.445 e. The molecular weight excluding hydrogens is 1340 g/mol. The second-order valence-electron chi connectivity index (χ2n) is 23.2. The SMILES string of the molecule is O=C(NCC[C@H](C(=O)NO)N(OCCOCCN1CCN(C(=O)c2cccc(C(=O)N3CCN(CCOCCON([C@H](CNC(=O)OCc4ccccc4)C(=O)NO)S(=O)(=O)c4ccc(-c5ccccc5)cc4)CC3)c2)CC1)S(=O)(=O)c1ccc(-c2ccccc2)cc1)OCc1ccccc1. The van der Waals surface area contributed by atoms with Gasteiger partial charge >= 0.3 is 12.2 Å². The number of hydroxylamine groups is 4. The van der Waals surface area contributed by atoms with Crippen LogP contribution in [0.25, 0.3) is 22.3 Å². The van der Waals surface area contributed by atoms with Gasteiger partial charge in [-0.2, -0.15) is 0 Å². The number of carbonyl (C=O) groups excluding carboxylic acids is 6. The quantitative estimate of drug-likeness (QED) is 0.0155. The van der Waals surface area contributed by atoms with Gasteiger partial charge in [-0.3, -0.25) is 49.1 Å². The lowest BCUT2D eigenvalue weighted by atomic mass is 10.1. The van der Waals surface area contributed by atoms with Crippen LogP contribution in [0, 0.1) is 0 Å². The number of nitrogens with one attached hydrogen (secondary N) is 4. The molecule has 6 amide bonds. The molecule has 2 heterocycles. The van der Waals surface area contributed by atoms with Crippen molar-refractivity contribution in [2.45, 2.75) is 41.5 Å². The summed E-state index contributed by atoms with van der Waals surface area (Å²) in [6.45, 7) is 3.02. The highest BCUT2D eigenvalue weighted by Gasteiger charge is 2.40. The third-order valence-electron chi connectivity index (χ3n) is 16.6. The maximum absolute atomic E-state index is 14.3. The summed E-state index contributed by atoms with van der Waals surface area (Å²) in [5.41, 5.74) is 8.31. The normalized spacial score (nSPS) is 14.4. The zero-order valence-corrected chi connectivity index (χ0v) is 57.0. The number of benzene rings is 7. The molecule has 2 aliphatic heterocycles. The average molecular weight is 1430 g/mol. The van der Waals surface area contributed by atoms with E-state index in [0.29, 0.717) is 91.1 Å². The van der Waals surface area contributed by atoms with E-state index in [0.717, 1.165) is 27.8 Å². The van der Waals surface area contributed by atoms with Gasteiger partial charge in [-0.15, -0.1) is 0 Å². The Morgan fingerprint density at radius 1 is 0.426 bits per heavy atom. The summed E-state index contributed by atoms with van der Waals surface area (Å²) in [4.78, 5) is 98.2. The fraction of sp³-hybridized carbons (Fsp3) is 0.324. The lowest BCUT2D eigenvalue weighted by molar-refractivity contribution is -0.159. The molecule has 28 nitrogen and oxygen atoms in total. The molecule has 2 atom stereocenters. The first kappa shape index (κ1) is 75.7. The molecular formula is C71H82N10O18S2. The molecule has 6 N–H and O–H groups in total. The standard InChI is InChI=1S/C71H82N10O18S2/c82-66(74-88)64(32-33-72-70(86)96-52-54-14-5-1-6-15-54)80(100(90,91)62-28-24-58(25-29-62)56-18-9-3-10-19-56)98-48-46-94-44-42-76-34-38-78(39-35-76)68(84)60-22-13-23-61(50-60)69(85)79-40-36-77(37-41-79)43-45-95-47-49-99-81(101(92,93)63-30-26-59(27-31-63)57-20-11-4-12-21-57)65(67(83)75-89)51-73-71(87)97-53-55-16-7-2-8-17-55/h1-31,50,64-65,88-89H,32-49,51-53H2,(H,72,86)(H,73,87)(H,74,82)(H,75,83)/t64-,65-/m1/s1. The van der Waals surface area contributed by atoms with Crippen molar-refractivity contribution in [2.75, 3.05) is 118 Å². The van der Waals surface area contributed by atoms with Crippen molar-refractivity contribution in [1.82, 2.24) is 50.1 Å². The molecule has 2 aliphatic rings. The van der Waals surface area contributed by atoms with Crippen molar-refractivity contribution >= 4 is 55.9 Å². The second-order valence-corrected chi connectivity index (χ2v) is 26.8. The molecule has 0 radical (unpaired) electrons. The van der Waals surface area contributed by atoms with Crippen molar-refractivity contribution in [3.05, 3.63) is 216 Å². The van der Waals surface area contributed by atoms with E-state index < -0.39 is 62.7 Å². The van der Waals surface area contributed by atoms with Crippen molar-refractivity contribution in [1.29, 1.82) is 0 Å². The van der Waals surface area contributed by atoms with Crippen molar-refractivity contribution in [2.24, 2.45) is 0 Å². The smallest absolute Gasteiger partial charge is 0.407 e. The highest BCUT2D eigenvalue weighted by molar-refractivity contribution is 7.89. The Labute approximate surface area is 586 Å². The molecule has 101 heavy (non-hydrogen) atoms. The zero-order valence-electron chi connectivity index (χ0n) is 55.4. The molecule has 536 valence electrons. The largest absolute Gasteiger partial charge is 0.445 e. The van der Waals surface area contributed by atoms with E-state index in [4.69, 9.17) is 28.6 Å². The third-order valence-corrected chi connectivity index (χ3v) is 20.0. The van der Waals surface area contributed by atoms with Crippen LogP contribution in [0.1, 0.15) is 38.3 Å². The number of ether oxygens (including phenoxy) is 4. The molecule has 0 aliphatic carbocycles. The molecule has 7 aromatic carbocycles. The topological polar surface area (TPSA) is 334 Å². The van der Waals surface area contributed by atoms with Gasteiger partial charge in [-0.25, -0.2) is 37.4 Å². The predicted molar refractivity (Wildman–Crippen MR) is 368 cm³/mol. The van der Waals surface area contributed by atoms with E-state index in [-0.39, 0.29) is 87.4 Å². The summed E-state index contributed by atoms with van der Waals surface area (Å²) in [6.07, 6.45) is -2.10. The van der Waals surface area contributed by atoms with Gasteiger partial charge < -0.3 is 39.4 Å². The van der Waals surface area contributed by atoms with Crippen LogP contribution in [-0.2, 0) is 71.5 Å². The lowest BCUT2D eigenvalue weighted by Crippen LogP contribution is -2.54. The summed E-state index contributed by atoms with van der Waals surface area (Å²) in [6, 6.07) is 51.4. The van der Waals surface area contributed by atoms with Gasteiger partial charge in [0.05, 0.1) is 49.4 Å². The first-order valence-electron chi connectivity index (χ1n) is 32.7. The Hall–Kier alpha value is -9.54. The number of hydrogen-bond acceptors (Lipinski definition) is 20. The number of carbonyl (C=O) groups is 6. The van der Waals surface area contributed by atoms with Crippen LogP contribution in [0.3, 0.4) is 0 Å². The molecule has 30 heteroatoms. The number of piperazine rings is 2. The first-order valence-corrected chi connectivity index (χ1v) is 35.6. The molecule has 0 bridgehead atoms. The molecule has 7 aromatic rings. The number of alkyl carbamates (subject to hydrolysis) is 2. The van der Waals surface area contributed by atoms with Crippen molar-refractivity contribution in [3.8, 4) is 22.3 Å². The van der Waals surface area contributed by atoms with E-state index in [9.17, 15) is 56.0 Å². The third kappa shape index (κ3) is 22.0. The fourth-order valence-electron chi connectivity index (χ4n) is 11.0. The maximum atomic E-state index is 14.3. The highest BCUT2D eigenvalue weighted by atomic mass is 32.2. The van der Waals surface area contributed by atoms with E-state index in [1.54, 1.807) is 113 Å². The van der Waals surface area contributed by atoms with Crippen LogP contribution in [0.4, 0.5) is 9.59 Å². The predicted octanol–water partition coefficient (Wildman–Crippen LogP) is 5.81. The molecule has 0 saturated carbocycles. The lowest BCUT2D eigenvalue weighted by Gasteiger charge is -2.35. The molecule has 2 saturated heterocycles. The Balaban J connectivity index is 0.701. The fourth-order valence-corrected chi connectivity index (χ4v) is 13.9. The minimum absolute atomic E-state index is 0.0277. The number of amides is 6. The minimum atomic E-state index is -4.65. The van der Waals surface area contributed by atoms with Gasteiger partial charge in [0.15, 0.2) is 0 Å². The summed E-state index contributed by atoms with van der Waals surface area (Å²) < 4.78 is 80.4. The Kier molecular flexibility index (Phi) is 28.7. The zero-order chi connectivity index (χ0) is 71.4.